The molecule has 3 rings (SSSR count). The van der Waals surface area contributed by atoms with E-state index in [9.17, 15) is 5.11 Å². The lowest BCUT2D eigenvalue weighted by molar-refractivity contribution is 0.152. The lowest BCUT2D eigenvalue weighted by atomic mass is 10.1. The van der Waals surface area contributed by atoms with Gasteiger partial charge in [0.15, 0.2) is 0 Å². The van der Waals surface area contributed by atoms with E-state index in [2.05, 4.69) is 6.07 Å². The van der Waals surface area contributed by atoms with Gasteiger partial charge in [0.05, 0.1) is 0 Å². The standard InChI is InChI=1S/C17H15ClO2/c1-11-5-6-16-13(7-11)10-17(20-16)15(19)9-12-3-2-4-14(18)8-12/h2-8,10,15,19H,9H2,1H3. The predicted molar refractivity (Wildman–Crippen MR) is 81.1 cm³/mol. The Bertz CT molecular complexity index is 746. The lowest BCUT2D eigenvalue weighted by Gasteiger charge is -2.07. The molecule has 3 heteroatoms. The minimum absolute atomic E-state index is 0.485. The molecule has 0 fully saturated rings. The van der Waals surface area contributed by atoms with Crippen LogP contribution in [0.3, 0.4) is 0 Å². The predicted octanol–water partition coefficient (Wildman–Crippen LogP) is 4.67. The Morgan fingerprint density at radius 3 is 2.80 bits per heavy atom. The summed E-state index contributed by atoms with van der Waals surface area (Å²) in [5.74, 6) is 0.588. The summed E-state index contributed by atoms with van der Waals surface area (Å²) in [6.45, 7) is 2.04. The summed E-state index contributed by atoms with van der Waals surface area (Å²) in [7, 11) is 0. The number of rotatable bonds is 3. The van der Waals surface area contributed by atoms with Gasteiger partial charge in [-0.25, -0.2) is 0 Å². The summed E-state index contributed by atoms with van der Waals surface area (Å²) in [5.41, 5.74) is 2.96. The Labute approximate surface area is 122 Å². The van der Waals surface area contributed by atoms with E-state index in [0.717, 1.165) is 16.5 Å². The number of halogens is 1. The number of furan rings is 1. The van der Waals surface area contributed by atoms with Crippen molar-refractivity contribution in [3.8, 4) is 0 Å². The van der Waals surface area contributed by atoms with Crippen molar-refractivity contribution in [2.24, 2.45) is 0 Å². The first-order valence-electron chi connectivity index (χ1n) is 6.54. The van der Waals surface area contributed by atoms with Gasteiger partial charge < -0.3 is 9.52 Å². The van der Waals surface area contributed by atoms with Crippen molar-refractivity contribution in [2.45, 2.75) is 19.4 Å². The van der Waals surface area contributed by atoms with Crippen LogP contribution in [0.1, 0.15) is 23.0 Å². The van der Waals surface area contributed by atoms with Gasteiger partial charge in [0.25, 0.3) is 0 Å². The number of aliphatic hydroxyl groups excluding tert-OH is 1. The van der Waals surface area contributed by atoms with Crippen LogP contribution >= 0.6 is 11.6 Å². The molecule has 1 atom stereocenters. The largest absolute Gasteiger partial charge is 0.458 e. The van der Waals surface area contributed by atoms with Gasteiger partial charge >= 0.3 is 0 Å². The number of aliphatic hydroxyl groups is 1. The molecule has 0 spiro atoms. The highest BCUT2D eigenvalue weighted by Gasteiger charge is 2.14. The van der Waals surface area contributed by atoms with E-state index < -0.39 is 6.10 Å². The van der Waals surface area contributed by atoms with Gasteiger partial charge in [-0.2, -0.15) is 0 Å². The number of hydrogen-bond donors (Lipinski definition) is 1. The van der Waals surface area contributed by atoms with E-state index in [1.807, 2.05) is 49.4 Å². The van der Waals surface area contributed by atoms with Crippen LogP contribution in [-0.4, -0.2) is 5.11 Å². The molecule has 0 aliphatic rings. The Morgan fingerprint density at radius 2 is 2.00 bits per heavy atom. The van der Waals surface area contributed by atoms with Gasteiger partial charge in [0.2, 0.25) is 0 Å². The van der Waals surface area contributed by atoms with Crippen LogP contribution in [0, 0.1) is 6.92 Å². The van der Waals surface area contributed by atoms with Crippen molar-refractivity contribution in [1.29, 1.82) is 0 Å². The molecule has 0 bridgehead atoms. The van der Waals surface area contributed by atoms with Crippen molar-refractivity contribution in [1.82, 2.24) is 0 Å². The third kappa shape index (κ3) is 2.72. The highest BCUT2D eigenvalue weighted by Crippen LogP contribution is 2.27. The zero-order valence-corrected chi connectivity index (χ0v) is 11.9. The quantitative estimate of drug-likeness (QED) is 0.759. The number of fused-ring (bicyclic) bond motifs is 1. The molecule has 20 heavy (non-hydrogen) atoms. The number of aryl methyl sites for hydroxylation is 1. The Balaban J connectivity index is 1.86. The van der Waals surface area contributed by atoms with Crippen molar-refractivity contribution in [2.75, 3.05) is 0 Å². The van der Waals surface area contributed by atoms with Crippen LogP contribution in [0.2, 0.25) is 5.02 Å². The molecule has 1 N–H and O–H groups in total. The van der Waals surface area contributed by atoms with Crippen molar-refractivity contribution in [3.63, 3.8) is 0 Å². The molecular formula is C17H15ClO2. The topological polar surface area (TPSA) is 33.4 Å². The third-order valence-corrected chi connectivity index (χ3v) is 3.57. The Kier molecular flexibility index (Phi) is 3.51. The van der Waals surface area contributed by atoms with Crippen LogP contribution in [0.5, 0.6) is 0 Å². The molecule has 0 saturated carbocycles. The summed E-state index contributed by atoms with van der Waals surface area (Å²) < 4.78 is 5.70. The van der Waals surface area contributed by atoms with Crippen molar-refractivity contribution >= 4 is 22.6 Å². The molecule has 0 aliphatic carbocycles. The monoisotopic (exact) mass is 286 g/mol. The molecule has 0 saturated heterocycles. The average molecular weight is 287 g/mol. The van der Waals surface area contributed by atoms with Crippen molar-refractivity contribution in [3.05, 3.63) is 70.4 Å². The summed E-state index contributed by atoms with van der Waals surface area (Å²) in [5, 5.41) is 12.0. The van der Waals surface area contributed by atoms with Crippen LogP contribution in [0.4, 0.5) is 0 Å². The highest BCUT2D eigenvalue weighted by molar-refractivity contribution is 6.30. The molecule has 0 aliphatic heterocycles. The first-order valence-corrected chi connectivity index (χ1v) is 6.92. The maximum atomic E-state index is 10.3. The van der Waals surface area contributed by atoms with Gasteiger partial charge in [0, 0.05) is 16.8 Å². The van der Waals surface area contributed by atoms with E-state index in [-0.39, 0.29) is 0 Å². The fourth-order valence-electron chi connectivity index (χ4n) is 2.34. The molecule has 1 unspecified atom stereocenters. The van der Waals surface area contributed by atoms with Gasteiger partial charge in [0.1, 0.15) is 17.4 Å². The molecule has 1 aromatic heterocycles. The van der Waals surface area contributed by atoms with Crippen LogP contribution in [-0.2, 0) is 6.42 Å². The van der Waals surface area contributed by atoms with Crippen LogP contribution in [0.25, 0.3) is 11.0 Å². The fraction of sp³-hybridized carbons (Fsp3) is 0.176. The molecule has 3 aromatic rings. The van der Waals surface area contributed by atoms with E-state index in [1.54, 1.807) is 0 Å². The molecule has 102 valence electrons. The van der Waals surface area contributed by atoms with Gasteiger partial charge in [-0.05, 0) is 42.8 Å². The smallest absolute Gasteiger partial charge is 0.134 e. The molecule has 1 heterocycles. The molecule has 0 amide bonds. The van der Waals surface area contributed by atoms with Gasteiger partial charge in [-0.15, -0.1) is 0 Å². The van der Waals surface area contributed by atoms with Gasteiger partial charge in [-0.3, -0.25) is 0 Å². The maximum Gasteiger partial charge on any atom is 0.134 e. The SMILES string of the molecule is Cc1ccc2oc(C(O)Cc3cccc(Cl)c3)cc2c1. The Hall–Kier alpha value is -1.77. The van der Waals surface area contributed by atoms with E-state index >= 15 is 0 Å². The summed E-state index contributed by atoms with van der Waals surface area (Å²) in [6.07, 6.45) is -0.180. The average Bonchev–Trinajstić information content (AvgIpc) is 2.81. The molecular weight excluding hydrogens is 272 g/mol. The van der Waals surface area contributed by atoms with E-state index in [0.29, 0.717) is 17.2 Å². The second kappa shape index (κ2) is 5.31. The fourth-order valence-corrected chi connectivity index (χ4v) is 2.55. The first kappa shape index (κ1) is 13.2. The van der Waals surface area contributed by atoms with Crippen LogP contribution < -0.4 is 0 Å². The Morgan fingerprint density at radius 1 is 1.15 bits per heavy atom. The normalized spacial score (nSPS) is 12.8. The van der Waals surface area contributed by atoms with E-state index in [1.165, 1.54) is 5.56 Å². The summed E-state index contributed by atoms with van der Waals surface area (Å²) >= 11 is 5.95. The minimum atomic E-state index is -0.666. The highest BCUT2D eigenvalue weighted by atomic mass is 35.5. The second-order valence-electron chi connectivity index (χ2n) is 5.04. The van der Waals surface area contributed by atoms with E-state index in [4.69, 9.17) is 16.0 Å². The first-order chi connectivity index (χ1) is 9.61. The molecule has 2 nitrogen and oxygen atoms in total. The maximum absolute atomic E-state index is 10.3. The molecule has 0 radical (unpaired) electrons. The summed E-state index contributed by atoms with van der Waals surface area (Å²) in [4.78, 5) is 0. The number of benzene rings is 2. The zero-order chi connectivity index (χ0) is 14.1. The third-order valence-electron chi connectivity index (χ3n) is 3.34. The van der Waals surface area contributed by atoms with Crippen LogP contribution in [0.15, 0.2) is 52.9 Å². The minimum Gasteiger partial charge on any atom is -0.458 e. The zero-order valence-electron chi connectivity index (χ0n) is 11.1. The molecule has 2 aromatic carbocycles. The van der Waals surface area contributed by atoms with Gasteiger partial charge in [-0.1, -0.05) is 35.4 Å². The lowest BCUT2D eigenvalue weighted by Crippen LogP contribution is -2.00. The number of hydrogen-bond acceptors (Lipinski definition) is 2. The van der Waals surface area contributed by atoms with Crippen molar-refractivity contribution < 1.29 is 9.52 Å². The summed E-state index contributed by atoms with van der Waals surface area (Å²) in [6, 6.07) is 15.4. The second-order valence-corrected chi connectivity index (χ2v) is 5.48.